The molecule has 1 aromatic carbocycles. The minimum atomic E-state index is -1.32. The molecule has 0 aliphatic heterocycles. The van der Waals surface area contributed by atoms with Crippen LogP contribution in [-0.4, -0.2) is 48.6 Å². The highest BCUT2D eigenvalue weighted by Crippen LogP contribution is 2.05. The number of benzene rings is 1. The van der Waals surface area contributed by atoms with Gasteiger partial charge in [0.2, 0.25) is 11.8 Å². The molecule has 2 atom stereocenters. The Kier molecular flexibility index (Phi) is 8.43. The molecule has 1 aromatic rings. The lowest BCUT2D eigenvalue weighted by atomic mass is 10.0. The average Bonchev–Trinajstić information content (AvgIpc) is 2.65. The van der Waals surface area contributed by atoms with Crippen LogP contribution < -0.4 is 16.0 Å². The van der Waals surface area contributed by atoms with Crippen molar-refractivity contribution in [3.8, 4) is 0 Å². The summed E-state index contributed by atoms with van der Waals surface area (Å²) in [6.07, 6.45) is -0.756. The van der Waals surface area contributed by atoms with Crippen molar-refractivity contribution in [1.82, 2.24) is 16.0 Å². The van der Waals surface area contributed by atoms with Crippen LogP contribution in [0.3, 0.4) is 0 Å². The van der Waals surface area contributed by atoms with E-state index in [0.717, 1.165) is 5.56 Å². The first kappa shape index (κ1) is 22.9. The molecule has 0 aliphatic carbocycles. The number of methoxy groups -OCH3 is 1. The van der Waals surface area contributed by atoms with Gasteiger partial charge >= 0.3 is 12.1 Å². The zero-order valence-corrected chi connectivity index (χ0v) is 16.7. The zero-order chi connectivity index (χ0) is 21.3. The third kappa shape index (κ3) is 7.26. The van der Waals surface area contributed by atoms with Crippen molar-refractivity contribution < 1.29 is 28.7 Å². The Hall–Kier alpha value is -3.10. The molecule has 9 heteroatoms. The molecule has 0 radical (unpaired) electrons. The molecule has 0 fully saturated rings. The van der Waals surface area contributed by atoms with Crippen molar-refractivity contribution in [1.29, 1.82) is 0 Å². The Labute approximate surface area is 164 Å². The summed E-state index contributed by atoms with van der Waals surface area (Å²) in [7, 11) is 1.21. The molecule has 0 unspecified atom stereocenters. The molecule has 0 bridgehead atoms. The van der Waals surface area contributed by atoms with Crippen molar-refractivity contribution in [2.24, 2.45) is 0 Å². The number of hydrogen-bond donors (Lipinski definition) is 3. The van der Waals surface area contributed by atoms with Gasteiger partial charge < -0.3 is 25.4 Å². The maximum Gasteiger partial charge on any atom is 0.408 e. The van der Waals surface area contributed by atoms with Gasteiger partial charge in [0.25, 0.3) is 0 Å². The van der Waals surface area contributed by atoms with Gasteiger partial charge in [-0.15, -0.1) is 0 Å². The van der Waals surface area contributed by atoms with Crippen LogP contribution in [0.5, 0.6) is 0 Å². The standard InChI is InChI=1S/C19H27N3O6/c1-12(21-18(26)28-11-14-9-7-6-8-10-14)15(23)22-19(3,4)17(25)20-13(2)16(24)27-5/h6-10,12-13H,11H2,1-5H3,(H,20,25)(H,21,26)(H,22,23)/t12-,13-/m0/s1. The lowest BCUT2D eigenvalue weighted by Crippen LogP contribution is -2.60. The highest BCUT2D eigenvalue weighted by molar-refractivity contribution is 5.95. The van der Waals surface area contributed by atoms with E-state index < -0.39 is 41.5 Å². The van der Waals surface area contributed by atoms with Gasteiger partial charge in [-0.25, -0.2) is 9.59 Å². The maximum absolute atomic E-state index is 12.3. The van der Waals surface area contributed by atoms with Gasteiger partial charge in [0, 0.05) is 0 Å². The summed E-state index contributed by atoms with van der Waals surface area (Å²) in [5.74, 6) is -1.76. The fourth-order valence-electron chi connectivity index (χ4n) is 2.09. The van der Waals surface area contributed by atoms with Crippen LogP contribution in [0.25, 0.3) is 0 Å². The second-order valence-electron chi connectivity index (χ2n) is 6.76. The summed E-state index contributed by atoms with van der Waals surface area (Å²) in [5, 5.41) is 7.38. The summed E-state index contributed by atoms with van der Waals surface area (Å²) in [6, 6.07) is 7.30. The van der Waals surface area contributed by atoms with Gasteiger partial charge in [-0.1, -0.05) is 30.3 Å². The Morgan fingerprint density at radius 1 is 1.00 bits per heavy atom. The summed E-state index contributed by atoms with van der Waals surface area (Å²) in [5.41, 5.74) is -0.504. The normalized spacial score (nSPS) is 12.9. The van der Waals surface area contributed by atoms with E-state index in [1.807, 2.05) is 18.2 Å². The molecule has 0 heterocycles. The maximum atomic E-state index is 12.3. The minimum absolute atomic E-state index is 0.0698. The van der Waals surface area contributed by atoms with Gasteiger partial charge in [-0.05, 0) is 33.3 Å². The molecule has 0 aromatic heterocycles. The van der Waals surface area contributed by atoms with Gasteiger partial charge in [-0.2, -0.15) is 0 Å². The molecular weight excluding hydrogens is 366 g/mol. The molecule has 0 spiro atoms. The van der Waals surface area contributed by atoms with Gasteiger partial charge in [0.15, 0.2) is 0 Å². The Morgan fingerprint density at radius 3 is 2.18 bits per heavy atom. The molecule has 0 saturated heterocycles. The Bertz CT molecular complexity index is 705. The van der Waals surface area contributed by atoms with Crippen molar-refractivity contribution in [2.45, 2.75) is 51.9 Å². The number of alkyl carbamates (subject to hydrolysis) is 1. The lowest BCUT2D eigenvalue weighted by Gasteiger charge is -2.28. The van der Waals surface area contributed by atoms with Gasteiger partial charge in [0.05, 0.1) is 7.11 Å². The molecule has 3 amide bonds. The van der Waals surface area contributed by atoms with Gasteiger partial charge in [0.1, 0.15) is 24.2 Å². The molecule has 154 valence electrons. The number of carbonyl (C=O) groups is 4. The monoisotopic (exact) mass is 393 g/mol. The van der Waals surface area contributed by atoms with Crippen LogP contribution in [0.1, 0.15) is 33.3 Å². The van der Waals surface area contributed by atoms with Crippen LogP contribution in [0.4, 0.5) is 4.79 Å². The first-order chi connectivity index (χ1) is 13.1. The summed E-state index contributed by atoms with van der Waals surface area (Å²) in [6.45, 7) is 5.95. The summed E-state index contributed by atoms with van der Waals surface area (Å²) in [4.78, 5) is 47.8. The highest BCUT2D eigenvalue weighted by atomic mass is 16.5. The zero-order valence-electron chi connectivity index (χ0n) is 16.7. The molecule has 0 saturated carbocycles. The fourth-order valence-corrected chi connectivity index (χ4v) is 2.09. The van der Waals surface area contributed by atoms with Crippen LogP contribution in [0.2, 0.25) is 0 Å². The van der Waals surface area contributed by atoms with Crippen molar-refractivity contribution >= 4 is 23.9 Å². The number of hydrogen-bond acceptors (Lipinski definition) is 6. The van der Waals surface area contributed by atoms with Crippen molar-refractivity contribution in [3.05, 3.63) is 35.9 Å². The van der Waals surface area contributed by atoms with E-state index in [0.29, 0.717) is 0 Å². The summed E-state index contributed by atoms with van der Waals surface area (Å²) < 4.78 is 9.60. The third-order valence-corrected chi connectivity index (χ3v) is 3.85. The van der Waals surface area contributed by atoms with E-state index >= 15 is 0 Å². The van der Waals surface area contributed by atoms with E-state index in [1.54, 1.807) is 12.1 Å². The number of ether oxygens (including phenoxy) is 2. The van der Waals surface area contributed by atoms with E-state index in [2.05, 4.69) is 20.7 Å². The van der Waals surface area contributed by atoms with Gasteiger partial charge in [-0.3, -0.25) is 9.59 Å². The van der Waals surface area contributed by atoms with E-state index in [1.165, 1.54) is 34.8 Å². The molecule has 0 aliphatic rings. The Morgan fingerprint density at radius 2 is 1.61 bits per heavy atom. The van der Waals surface area contributed by atoms with E-state index in [-0.39, 0.29) is 6.61 Å². The summed E-state index contributed by atoms with van der Waals surface area (Å²) >= 11 is 0. The molecule has 1 rings (SSSR count). The van der Waals surface area contributed by atoms with E-state index in [9.17, 15) is 19.2 Å². The van der Waals surface area contributed by atoms with Crippen LogP contribution in [0.15, 0.2) is 30.3 Å². The predicted molar refractivity (Wildman–Crippen MR) is 101 cm³/mol. The van der Waals surface area contributed by atoms with Crippen molar-refractivity contribution in [2.75, 3.05) is 7.11 Å². The molecule has 28 heavy (non-hydrogen) atoms. The lowest BCUT2D eigenvalue weighted by molar-refractivity contribution is -0.145. The average molecular weight is 393 g/mol. The largest absolute Gasteiger partial charge is 0.467 e. The molecule has 9 nitrogen and oxygen atoms in total. The highest BCUT2D eigenvalue weighted by Gasteiger charge is 2.33. The molecular formula is C19H27N3O6. The minimum Gasteiger partial charge on any atom is -0.467 e. The van der Waals surface area contributed by atoms with Crippen molar-refractivity contribution in [3.63, 3.8) is 0 Å². The fraction of sp³-hybridized carbons (Fsp3) is 0.474. The first-order valence-corrected chi connectivity index (χ1v) is 8.75. The number of carbonyl (C=O) groups excluding carboxylic acids is 4. The topological polar surface area (TPSA) is 123 Å². The second-order valence-corrected chi connectivity index (χ2v) is 6.76. The molecule has 3 N–H and O–H groups in total. The number of esters is 1. The second kappa shape index (κ2) is 10.3. The predicted octanol–water partition coefficient (Wildman–Crippen LogP) is 0.874. The van der Waals surface area contributed by atoms with Crippen LogP contribution in [-0.2, 0) is 30.5 Å². The van der Waals surface area contributed by atoms with E-state index in [4.69, 9.17) is 4.74 Å². The smallest absolute Gasteiger partial charge is 0.408 e. The quantitative estimate of drug-likeness (QED) is 0.563. The number of amides is 3. The Balaban J connectivity index is 2.51. The van der Waals surface area contributed by atoms with Crippen LogP contribution in [0, 0.1) is 0 Å². The number of nitrogens with one attached hydrogen (secondary N) is 3. The van der Waals surface area contributed by atoms with Crippen LogP contribution >= 0.6 is 0 Å². The SMILES string of the molecule is COC(=O)[C@H](C)NC(=O)C(C)(C)NC(=O)[C@H](C)NC(=O)OCc1ccccc1. The number of rotatable bonds is 8. The third-order valence-electron chi connectivity index (χ3n) is 3.85. The first-order valence-electron chi connectivity index (χ1n) is 8.75.